The van der Waals surface area contributed by atoms with Crippen molar-refractivity contribution in [1.29, 1.82) is 0 Å². The molecule has 0 bridgehead atoms. The van der Waals surface area contributed by atoms with Crippen molar-refractivity contribution >= 4 is 12.4 Å². The lowest BCUT2D eigenvalue weighted by Crippen LogP contribution is -2.40. The maximum atomic E-state index is 11.6. The molecule has 0 aliphatic carbocycles. The number of likely N-dealkylation sites (N-methyl/N-ethyl adjacent to an activating group) is 1. The molecule has 1 N–H and O–H groups in total. The summed E-state index contributed by atoms with van der Waals surface area (Å²) in [5.41, 5.74) is -0.530. The van der Waals surface area contributed by atoms with Crippen molar-refractivity contribution < 1.29 is 14.3 Å². The van der Waals surface area contributed by atoms with Gasteiger partial charge in [-0.25, -0.2) is 4.79 Å². The predicted molar refractivity (Wildman–Crippen MR) is 57.8 cm³/mol. The van der Waals surface area contributed by atoms with E-state index < -0.39 is 11.7 Å². The van der Waals surface area contributed by atoms with E-state index in [9.17, 15) is 9.59 Å². The van der Waals surface area contributed by atoms with E-state index in [-0.39, 0.29) is 6.54 Å². The fraction of sp³-hybridized carbons (Fsp3) is 0.800. The molecule has 0 spiro atoms. The molecule has 0 saturated heterocycles. The molecule has 0 aliphatic heterocycles. The molecule has 0 aromatic carbocycles. The van der Waals surface area contributed by atoms with Crippen LogP contribution >= 0.6 is 0 Å². The summed E-state index contributed by atoms with van der Waals surface area (Å²) in [6.07, 6.45) is 0.240. The van der Waals surface area contributed by atoms with Crippen LogP contribution in [0.25, 0.3) is 0 Å². The Hall–Kier alpha value is -1.10. The highest BCUT2D eigenvalue weighted by atomic mass is 16.6. The topological polar surface area (TPSA) is 58.6 Å². The van der Waals surface area contributed by atoms with Crippen molar-refractivity contribution in [2.75, 3.05) is 26.7 Å². The van der Waals surface area contributed by atoms with E-state index in [4.69, 9.17) is 4.74 Å². The largest absolute Gasteiger partial charge is 0.444 e. The maximum absolute atomic E-state index is 11.6. The van der Waals surface area contributed by atoms with Gasteiger partial charge >= 0.3 is 6.09 Å². The second-order valence-corrected chi connectivity index (χ2v) is 4.20. The number of carbonyl (C=O) groups excluding carboxylic acids is 2. The predicted octanol–water partition coefficient (Wildman–Crippen LogP) is 0.642. The number of hydrogen-bond acceptors (Lipinski definition) is 4. The lowest BCUT2D eigenvalue weighted by atomic mass is 10.2. The molecule has 88 valence electrons. The summed E-state index contributed by atoms with van der Waals surface area (Å²) < 4.78 is 5.15. The number of hydrogen-bond donors (Lipinski definition) is 1. The van der Waals surface area contributed by atoms with Gasteiger partial charge in [0.2, 0.25) is 0 Å². The first-order valence-electron chi connectivity index (χ1n) is 4.97. The number of nitrogens with zero attached hydrogens (tertiary/aromatic N) is 1. The van der Waals surface area contributed by atoms with Crippen LogP contribution in [-0.4, -0.2) is 49.6 Å². The highest BCUT2D eigenvalue weighted by Gasteiger charge is 2.21. The average molecular weight is 216 g/mol. The highest BCUT2D eigenvalue weighted by molar-refractivity contribution is 5.71. The molecule has 5 nitrogen and oxygen atoms in total. The van der Waals surface area contributed by atoms with Crippen LogP contribution in [0.15, 0.2) is 0 Å². The summed E-state index contributed by atoms with van der Waals surface area (Å²) in [4.78, 5) is 23.3. The third-order valence-electron chi connectivity index (χ3n) is 1.58. The van der Waals surface area contributed by atoms with Crippen molar-refractivity contribution in [2.24, 2.45) is 0 Å². The summed E-state index contributed by atoms with van der Waals surface area (Å²) in [5, 5.41) is 2.91. The Kier molecular flexibility index (Phi) is 5.93. The van der Waals surface area contributed by atoms with Crippen LogP contribution in [0.2, 0.25) is 0 Å². The monoisotopic (exact) mass is 216 g/mol. The molecule has 0 saturated carbocycles. The van der Waals surface area contributed by atoms with Gasteiger partial charge < -0.3 is 14.8 Å². The van der Waals surface area contributed by atoms with Crippen molar-refractivity contribution in [1.82, 2.24) is 10.2 Å². The molecule has 0 fully saturated rings. The average Bonchev–Trinajstić information content (AvgIpc) is 2.09. The lowest BCUT2D eigenvalue weighted by Gasteiger charge is -2.26. The Balaban J connectivity index is 4.21. The van der Waals surface area contributed by atoms with Crippen LogP contribution < -0.4 is 5.32 Å². The minimum absolute atomic E-state index is 0.0661. The molecule has 0 aliphatic rings. The molecule has 5 heteroatoms. The number of carbonyl (C=O) groups is 2. The van der Waals surface area contributed by atoms with Gasteiger partial charge in [-0.2, -0.15) is 0 Å². The summed E-state index contributed by atoms with van der Waals surface area (Å²) in [6, 6.07) is 0. The van der Waals surface area contributed by atoms with Crippen LogP contribution in [0.1, 0.15) is 20.8 Å². The van der Waals surface area contributed by atoms with Crippen LogP contribution in [0.5, 0.6) is 0 Å². The van der Waals surface area contributed by atoms with Gasteiger partial charge in [0, 0.05) is 13.1 Å². The molecule has 0 radical (unpaired) electrons. The third-order valence-corrected chi connectivity index (χ3v) is 1.58. The molecule has 0 aromatic rings. The van der Waals surface area contributed by atoms with Gasteiger partial charge in [0.25, 0.3) is 0 Å². The minimum atomic E-state index is -0.530. The number of aldehydes is 1. The molecule has 1 amide bonds. The van der Waals surface area contributed by atoms with Crippen molar-refractivity contribution in [3.8, 4) is 0 Å². The lowest BCUT2D eigenvalue weighted by molar-refractivity contribution is -0.109. The van der Waals surface area contributed by atoms with E-state index in [2.05, 4.69) is 5.32 Å². The number of amides is 1. The molecule has 0 atom stereocenters. The second kappa shape index (κ2) is 6.40. The van der Waals surface area contributed by atoms with Crippen molar-refractivity contribution in [2.45, 2.75) is 26.4 Å². The zero-order valence-corrected chi connectivity index (χ0v) is 9.87. The first-order valence-corrected chi connectivity index (χ1v) is 4.97. The van der Waals surface area contributed by atoms with E-state index in [1.807, 2.05) is 0 Å². The van der Waals surface area contributed by atoms with Gasteiger partial charge in [-0.15, -0.1) is 0 Å². The van der Waals surface area contributed by atoms with Gasteiger partial charge in [0.05, 0.1) is 6.54 Å². The summed E-state index contributed by atoms with van der Waals surface area (Å²) >= 11 is 0. The van der Waals surface area contributed by atoms with Gasteiger partial charge in [-0.1, -0.05) is 0 Å². The SMILES string of the molecule is CNCCN(CC=O)C(=O)OC(C)(C)C. The molecule has 0 heterocycles. The summed E-state index contributed by atoms with van der Waals surface area (Å²) in [5.74, 6) is 0. The van der Waals surface area contributed by atoms with Gasteiger partial charge in [-0.3, -0.25) is 4.90 Å². The Labute approximate surface area is 90.8 Å². The van der Waals surface area contributed by atoms with Crippen LogP contribution in [-0.2, 0) is 9.53 Å². The molecule has 0 rings (SSSR count). The molecular weight excluding hydrogens is 196 g/mol. The van der Waals surface area contributed by atoms with Crippen LogP contribution in [0.4, 0.5) is 4.79 Å². The van der Waals surface area contributed by atoms with E-state index in [0.29, 0.717) is 19.4 Å². The van der Waals surface area contributed by atoms with Crippen LogP contribution in [0.3, 0.4) is 0 Å². The maximum Gasteiger partial charge on any atom is 0.410 e. The quantitative estimate of drug-likeness (QED) is 0.685. The van der Waals surface area contributed by atoms with Gasteiger partial charge in [0.15, 0.2) is 0 Å². The molecular formula is C10H20N2O3. The summed E-state index contributed by atoms with van der Waals surface area (Å²) in [7, 11) is 1.79. The van der Waals surface area contributed by atoms with Crippen molar-refractivity contribution in [3.05, 3.63) is 0 Å². The van der Waals surface area contributed by atoms with E-state index >= 15 is 0 Å². The van der Waals surface area contributed by atoms with Crippen LogP contribution in [0, 0.1) is 0 Å². The Morgan fingerprint density at radius 1 is 1.47 bits per heavy atom. The third kappa shape index (κ3) is 6.90. The van der Waals surface area contributed by atoms with E-state index in [1.165, 1.54) is 4.90 Å². The fourth-order valence-corrected chi connectivity index (χ4v) is 0.920. The Morgan fingerprint density at radius 3 is 2.47 bits per heavy atom. The standard InChI is InChI=1S/C10H20N2O3/c1-10(2,3)15-9(14)12(7-8-13)6-5-11-4/h8,11H,5-7H2,1-4H3. The summed E-state index contributed by atoms with van der Waals surface area (Å²) in [6.45, 7) is 6.54. The van der Waals surface area contributed by atoms with E-state index in [1.54, 1.807) is 27.8 Å². The Morgan fingerprint density at radius 2 is 2.07 bits per heavy atom. The molecule has 0 unspecified atom stereocenters. The normalized spacial score (nSPS) is 10.9. The number of nitrogens with one attached hydrogen (secondary N) is 1. The zero-order chi connectivity index (χ0) is 11.9. The number of ether oxygens (including phenoxy) is 1. The molecule has 0 aromatic heterocycles. The van der Waals surface area contributed by atoms with Gasteiger partial charge in [0.1, 0.15) is 11.9 Å². The molecule has 15 heavy (non-hydrogen) atoms. The fourth-order valence-electron chi connectivity index (χ4n) is 0.920. The Bertz CT molecular complexity index is 211. The number of rotatable bonds is 5. The van der Waals surface area contributed by atoms with E-state index in [0.717, 1.165) is 0 Å². The highest BCUT2D eigenvalue weighted by Crippen LogP contribution is 2.09. The first-order chi connectivity index (χ1) is 6.90. The first kappa shape index (κ1) is 13.9. The van der Waals surface area contributed by atoms with Gasteiger partial charge in [-0.05, 0) is 27.8 Å². The van der Waals surface area contributed by atoms with Crippen molar-refractivity contribution in [3.63, 3.8) is 0 Å². The zero-order valence-electron chi connectivity index (χ0n) is 9.87. The minimum Gasteiger partial charge on any atom is -0.444 e. The smallest absolute Gasteiger partial charge is 0.410 e. The second-order valence-electron chi connectivity index (χ2n) is 4.20.